The summed E-state index contributed by atoms with van der Waals surface area (Å²) in [5, 5.41) is 0. The molecular formula is C9H12BrCl. The van der Waals surface area contributed by atoms with E-state index < -0.39 is 0 Å². The Balaban J connectivity index is 2.64. The molecule has 0 N–H and O–H groups in total. The van der Waals surface area contributed by atoms with Crippen LogP contribution in [0.25, 0.3) is 0 Å². The molecule has 1 aliphatic carbocycles. The molecule has 1 aliphatic rings. The highest BCUT2D eigenvalue weighted by Crippen LogP contribution is 2.39. The zero-order valence-electron chi connectivity index (χ0n) is 6.56. The maximum Gasteiger partial charge on any atom is 0.124 e. The predicted molar refractivity (Wildman–Crippen MR) is 54.2 cm³/mol. The second-order valence-corrected chi connectivity index (χ2v) is 5.21. The van der Waals surface area contributed by atoms with Gasteiger partial charge in [0, 0.05) is 5.92 Å². The molecule has 0 saturated heterocycles. The van der Waals surface area contributed by atoms with Gasteiger partial charge in [-0.25, -0.2) is 0 Å². The Kier molecular flexibility index (Phi) is 3.20. The molecule has 0 amide bonds. The Hall–Kier alpha value is 0.250. The van der Waals surface area contributed by atoms with Crippen molar-refractivity contribution in [1.82, 2.24) is 0 Å². The fraction of sp³-hybridized carbons (Fsp3) is 0.556. The van der Waals surface area contributed by atoms with E-state index in [1.807, 2.05) is 12.2 Å². The lowest BCUT2D eigenvalue weighted by Crippen LogP contribution is -2.22. The highest BCUT2D eigenvalue weighted by atomic mass is 79.9. The van der Waals surface area contributed by atoms with E-state index in [1.165, 1.54) is 6.42 Å². The van der Waals surface area contributed by atoms with Crippen molar-refractivity contribution in [3.05, 3.63) is 24.3 Å². The van der Waals surface area contributed by atoms with Gasteiger partial charge >= 0.3 is 0 Å². The van der Waals surface area contributed by atoms with Crippen LogP contribution in [0.3, 0.4) is 0 Å². The third-order valence-electron chi connectivity index (χ3n) is 1.87. The minimum absolute atomic E-state index is 0.336. The molecule has 2 unspecified atom stereocenters. The van der Waals surface area contributed by atoms with Crippen LogP contribution in [-0.2, 0) is 0 Å². The zero-order valence-corrected chi connectivity index (χ0v) is 8.90. The van der Waals surface area contributed by atoms with Crippen LogP contribution in [0.1, 0.15) is 19.8 Å². The molecule has 0 aromatic heterocycles. The van der Waals surface area contributed by atoms with Crippen molar-refractivity contribution >= 4 is 27.5 Å². The van der Waals surface area contributed by atoms with Crippen LogP contribution in [0, 0.1) is 5.92 Å². The molecule has 2 heteroatoms. The molecule has 0 fully saturated rings. The van der Waals surface area contributed by atoms with Gasteiger partial charge in [-0.15, -0.1) is 11.6 Å². The van der Waals surface area contributed by atoms with Gasteiger partial charge in [-0.2, -0.15) is 0 Å². The summed E-state index contributed by atoms with van der Waals surface area (Å²) in [5.41, 5.74) is 0. The second-order valence-electron chi connectivity index (χ2n) is 2.81. The zero-order chi connectivity index (χ0) is 8.32. The summed E-state index contributed by atoms with van der Waals surface area (Å²) in [4.78, 5) is 0. The van der Waals surface area contributed by atoms with Crippen molar-refractivity contribution in [2.45, 2.75) is 23.5 Å². The van der Waals surface area contributed by atoms with Crippen LogP contribution in [0.2, 0.25) is 0 Å². The maximum absolute atomic E-state index is 6.20. The summed E-state index contributed by atoms with van der Waals surface area (Å²) in [7, 11) is 0. The average molecular weight is 236 g/mol. The molecule has 62 valence electrons. The van der Waals surface area contributed by atoms with Gasteiger partial charge in [0.2, 0.25) is 0 Å². The third kappa shape index (κ3) is 2.34. The highest BCUT2D eigenvalue weighted by Gasteiger charge is 2.29. The topological polar surface area (TPSA) is 0 Å². The van der Waals surface area contributed by atoms with Gasteiger partial charge in [0.1, 0.15) is 3.78 Å². The van der Waals surface area contributed by atoms with E-state index in [2.05, 4.69) is 35.0 Å². The van der Waals surface area contributed by atoms with E-state index in [1.54, 1.807) is 0 Å². The van der Waals surface area contributed by atoms with Crippen LogP contribution in [0.15, 0.2) is 24.3 Å². The maximum atomic E-state index is 6.20. The lowest BCUT2D eigenvalue weighted by molar-refractivity contribution is 0.571. The molecule has 0 saturated carbocycles. The van der Waals surface area contributed by atoms with E-state index in [-0.39, 0.29) is 3.78 Å². The monoisotopic (exact) mass is 234 g/mol. The standard InChI is InChI=1S/C9H12BrCl/c1-2-5-8-6-3-4-7-9(8,10)11/h3-4,6-8H,2,5H2,1H3. The number of alkyl halides is 2. The van der Waals surface area contributed by atoms with Gasteiger partial charge in [0.15, 0.2) is 0 Å². The molecule has 0 aromatic rings. The quantitative estimate of drug-likeness (QED) is 0.638. The van der Waals surface area contributed by atoms with Crippen molar-refractivity contribution < 1.29 is 0 Å². The average Bonchev–Trinajstić information content (AvgIpc) is 1.94. The summed E-state index contributed by atoms with van der Waals surface area (Å²) >= 11 is 9.68. The van der Waals surface area contributed by atoms with Crippen molar-refractivity contribution in [1.29, 1.82) is 0 Å². The Bertz CT molecular complexity index is 182. The lowest BCUT2D eigenvalue weighted by Gasteiger charge is -2.26. The number of allylic oxidation sites excluding steroid dienone is 4. The SMILES string of the molecule is CCCC1C=CC=CC1(Cl)Br. The minimum Gasteiger partial charge on any atom is -0.101 e. The predicted octanol–water partition coefficient (Wildman–Crippen LogP) is 3.86. The first-order chi connectivity index (χ1) is 5.17. The van der Waals surface area contributed by atoms with E-state index in [0.717, 1.165) is 6.42 Å². The van der Waals surface area contributed by atoms with Crippen molar-refractivity contribution in [3.8, 4) is 0 Å². The Morgan fingerprint density at radius 2 is 2.27 bits per heavy atom. The summed E-state index contributed by atoms with van der Waals surface area (Å²) in [6, 6.07) is 0. The minimum atomic E-state index is -0.336. The number of hydrogen-bond donors (Lipinski definition) is 0. The first-order valence-corrected chi connectivity index (χ1v) is 5.07. The fourth-order valence-corrected chi connectivity index (χ4v) is 2.02. The van der Waals surface area contributed by atoms with E-state index >= 15 is 0 Å². The van der Waals surface area contributed by atoms with Crippen molar-refractivity contribution in [2.24, 2.45) is 5.92 Å². The molecule has 1 rings (SSSR count). The first-order valence-electron chi connectivity index (χ1n) is 3.90. The van der Waals surface area contributed by atoms with Gasteiger partial charge in [-0.3, -0.25) is 0 Å². The van der Waals surface area contributed by atoms with E-state index in [0.29, 0.717) is 5.92 Å². The summed E-state index contributed by atoms with van der Waals surface area (Å²) in [5.74, 6) is 0.430. The van der Waals surface area contributed by atoms with E-state index in [9.17, 15) is 0 Å². The molecule has 0 spiro atoms. The van der Waals surface area contributed by atoms with Crippen LogP contribution >= 0.6 is 27.5 Å². The Morgan fingerprint density at radius 3 is 2.82 bits per heavy atom. The number of hydrogen-bond acceptors (Lipinski definition) is 0. The number of rotatable bonds is 2. The Labute approximate surface area is 81.4 Å². The van der Waals surface area contributed by atoms with Gasteiger partial charge in [-0.1, -0.05) is 53.6 Å². The largest absolute Gasteiger partial charge is 0.124 e. The smallest absolute Gasteiger partial charge is 0.101 e. The second kappa shape index (κ2) is 3.77. The molecule has 0 radical (unpaired) electrons. The molecule has 2 atom stereocenters. The van der Waals surface area contributed by atoms with Gasteiger partial charge in [0.25, 0.3) is 0 Å². The van der Waals surface area contributed by atoms with Gasteiger partial charge in [-0.05, 0) is 6.42 Å². The van der Waals surface area contributed by atoms with Crippen LogP contribution in [0.4, 0.5) is 0 Å². The molecule has 11 heavy (non-hydrogen) atoms. The normalized spacial score (nSPS) is 36.1. The number of halogens is 2. The highest BCUT2D eigenvalue weighted by molar-refractivity contribution is 9.10. The van der Waals surface area contributed by atoms with Crippen LogP contribution in [-0.4, -0.2) is 3.78 Å². The molecular weight excluding hydrogens is 223 g/mol. The fourth-order valence-electron chi connectivity index (χ4n) is 1.23. The Morgan fingerprint density at radius 1 is 1.55 bits per heavy atom. The molecule has 0 bridgehead atoms. The summed E-state index contributed by atoms with van der Waals surface area (Å²) in [6.07, 6.45) is 10.5. The summed E-state index contributed by atoms with van der Waals surface area (Å²) < 4.78 is -0.336. The molecule has 0 nitrogen and oxygen atoms in total. The van der Waals surface area contributed by atoms with Gasteiger partial charge < -0.3 is 0 Å². The first kappa shape index (κ1) is 9.34. The molecule has 0 aromatic carbocycles. The van der Waals surface area contributed by atoms with Gasteiger partial charge in [0.05, 0.1) is 0 Å². The molecule has 0 heterocycles. The lowest BCUT2D eigenvalue weighted by atomic mass is 9.95. The van der Waals surface area contributed by atoms with Crippen LogP contribution in [0.5, 0.6) is 0 Å². The van der Waals surface area contributed by atoms with E-state index in [4.69, 9.17) is 11.6 Å². The third-order valence-corrected chi connectivity index (χ3v) is 3.13. The molecule has 0 aliphatic heterocycles. The van der Waals surface area contributed by atoms with Crippen molar-refractivity contribution in [3.63, 3.8) is 0 Å². The van der Waals surface area contributed by atoms with Crippen LogP contribution < -0.4 is 0 Å². The van der Waals surface area contributed by atoms with Crippen molar-refractivity contribution in [2.75, 3.05) is 0 Å². The summed E-state index contributed by atoms with van der Waals surface area (Å²) in [6.45, 7) is 2.17.